The molecule has 0 unspecified atom stereocenters. The first-order valence-corrected chi connectivity index (χ1v) is 7.96. The van der Waals surface area contributed by atoms with Crippen LogP contribution in [0.1, 0.15) is 4.88 Å². The molecule has 1 aromatic carbocycles. The number of amides is 1. The highest BCUT2D eigenvalue weighted by atomic mass is 32.1. The predicted octanol–water partition coefficient (Wildman–Crippen LogP) is 1.16. The Labute approximate surface area is 150 Å². The Kier molecular flexibility index (Phi) is 5.24. The van der Waals surface area contributed by atoms with E-state index in [0.717, 1.165) is 17.0 Å². The minimum absolute atomic E-state index is 0.00577. The second-order valence-electron chi connectivity index (χ2n) is 4.76. The highest BCUT2D eigenvalue weighted by Crippen LogP contribution is 2.22. The maximum absolute atomic E-state index is 11.7. The number of ether oxygens (including phenoxy) is 1. The van der Waals surface area contributed by atoms with Crippen LogP contribution in [0.15, 0.2) is 47.8 Å². The van der Waals surface area contributed by atoms with Gasteiger partial charge in [0, 0.05) is 6.07 Å². The zero-order valence-corrected chi connectivity index (χ0v) is 13.9. The zero-order chi connectivity index (χ0) is 18.4. The van der Waals surface area contributed by atoms with E-state index < -0.39 is 10.8 Å². The minimum Gasteiger partial charge on any atom is -0.484 e. The highest BCUT2D eigenvalue weighted by Gasteiger charge is 2.08. The summed E-state index contributed by atoms with van der Waals surface area (Å²) in [5.74, 6) is 0.0340. The minimum atomic E-state index is -0.487. The summed E-state index contributed by atoms with van der Waals surface area (Å²) >= 11 is 0.956. The molecule has 2 heterocycles. The summed E-state index contributed by atoms with van der Waals surface area (Å²) in [5.41, 5.74) is 3.04. The number of hydrogen-bond acceptors (Lipinski definition) is 9. The summed E-state index contributed by atoms with van der Waals surface area (Å²) in [4.78, 5) is 22.3. The van der Waals surface area contributed by atoms with E-state index >= 15 is 0 Å². The molecule has 0 radical (unpaired) electrons. The van der Waals surface area contributed by atoms with E-state index in [0.29, 0.717) is 10.6 Å². The molecule has 0 fully saturated rings. The van der Waals surface area contributed by atoms with Crippen LogP contribution in [-0.4, -0.2) is 43.9 Å². The number of nitrogens with one attached hydrogen (secondary N) is 1. The van der Waals surface area contributed by atoms with Gasteiger partial charge in [-0.15, -0.1) is 5.10 Å². The van der Waals surface area contributed by atoms with Crippen LogP contribution in [0.3, 0.4) is 0 Å². The number of aromatic nitrogens is 4. The molecule has 11 nitrogen and oxygen atoms in total. The first-order chi connectivity index (χ1) is 12.6. The molecule has 0 aliphatic carbocycles. The van der Waals surface area contributed by atoms with Crippen LogP contribution < -0.4 is 10.2 Å². The van der Waals surface area contributed by atoms with Crippen molar-refractivity contribution < 1.29 is 14.5 Å². The van der Waals surface area contributed by atoms with Gasteiger partial charge in [0.2, 0.25) is 0 Å². The summed E-state index contributed by atoms with van der Waals surface area (Å²) in [5, 5.41) is 25.2. The molecule has 1 N–H and O–H groups in total. The smallest absolute Gasteiger partial charge is 0.324 e. The van der Waals surface area contributed by atoms with Crippen LogP contribution in [0.5, 0.6) is 5.75 Å². The van der Waals surface area contributed by atoms with Gasteiger partial charge in [-0.1, -0.05) is 11.3 Å². The van der Waals surface area contributed by atoms with Crippen molar-refractivity contribution in [3.63, 3.8) is 0 Å². The van der Waals surface area contributed by atoms with Crippen molar-refractivity contribution in [3.05, 3.63) is 57.7 Å². The Morgan fingerprint density at radius 3 is 2.81 bits per heavy atom. The van der Waals surface area contributed by atoms with Crippen molar-refractivity contribution in [2.24, 2.45) is 5.10 Å². The first-order valence-electron chi connectivity index (χ1n) is 7.14. The van der Waals surface area contributed by atoms with Crippen LogP contribution in [0.2, 0.25) is 0 Å². The Hall–Kier alpha value is -3.67. The van der Waals surface area contributed by atoms with Gasteiger partial charge in [0.25, 0.3) is 5.91 Å². The monoisotopic (exact) mass is 373 g/mol. The molecule has 0 aliphatic rings. The SMILES string of the molecule is O=C(COc1ccc(-n2cnnn2)cc1)N/N=C/c1ccc([N+](=O)[O-])s1. The molecule has 0 saturated carbocycles. The van der Waals surface area contributed by atoms with E-state index in [9.17, 15) is 14.9 Å². The lowest BCUT2D eigenvalue weighted by Gasteiger charge is -2.05. The maximum Gasteiger partial charge on any atom is 0.324 e. The fourth-order valence-corrected chi connectivity index (χ4v) is 2.53. The summed E-state index contributed by atoms with van der Waals surface area (Å²) in [6.07, 6.45) is 2.79. The summed E-state index contributed by atoms with van der Waals surface area (Å²) in [7, 11) is 0. The lowest BCUT2D eigenvalue weighted by Crippen LogP contribution is -2.24. The van der Waals surface area contributed by atoms with Gasteiger partial charge in [0.1, 0.15) is 12.1 Å². The van der Waals surface area contributed by atoms with E-state index in [2.05, 4.69) is 26.1 Å². The van der Waals surface area contributed by atoms with Gasteiger partial charge in [-0.3, -0.25) is 14.9 Å². The largest absolute Gasteiger partial charge is 0.484 e. The number of thiophene rings is 1. The quantitative estimate of drug-likeness (QED) is 0.372. The Morgan fingerprint density at radius 1 is 1.35 bits per heavy atom. The number of rotatable bonds is 7. The highest BCUT2D eigenvalue weighted by molar-refractivity contribution is 7.16. The van der Waals surface area contributed by atoms with Gasteiger partial charge in [0.05, 0.1) is 21.7 Å². The first kappa shape index (κ1) is 17.2. The third-order valence-electron chi connectivity index (χ3n) is 2.99. The molecular formula is C14H11N7O4S. The molecule has 3 aromatic rings. The van der Waals surface area contributed by atoms with Crippen molar-refractivity contribution in [1.29, 1.82) is 0 Å². The van der Waals surface area contributed by atoms with Crippen molar-refractivity contribution in [3.8, 4) is 11.4 Å². The van der Waals surface area contributed by atoms with Gasteiger partial charge >= 0.3 is 5.00 Å². The summed E-state index contributed by atoms with van der Waals surface area (Å²) < 4.78 is 6.83. The standard InChI is InChI=1S/C14H11N7O4S/c22-13(17-15-7-12-5-6-14(26-12)21(23)24)8-25-11-3-1-10(2-4-11)20-9-16-18-19-20/h1-7,9H,8H2,(H,17,22)/b15-7+. The topological polar surface area (TPSA) is 137 Å². The number of carbonyl (C=O) groups excluding carboxylic acids is 1. The molecule has 1 amide bonds. The third kappa shape index (κ3) is 4.45. The van der Waals surface area contributed by atoms with Crippen molar-refractivity contribution >= 4 is 28.5 Å². The third-order valence-corrected chi connectivity index (χ3v) is 3.97. The predicted molar refractivity (Wildman–Crippen MR) is 91.4 cm³/mol. The Morgan fingerprint density at radius 2 is 2.15 bits per heavy atom. The molecule has 0 spiro atoms. The summed E-state index contributed by atoms with van der Waals surface area (Å²) in [6.45, 7) is -0.230. The van der Waals surface area contributed by atoms with Crippen LogP contribution in [0, 0.1) is 10.1 Å². The van der Waals surface area contributed by atoms with Gasteiger partial charge < -0.3 is 4.74 Å². The van der Waals surface area contributed by atoms with Crippen LogP contribution >= 0.6 is 11.3 Å². The number of benzene rings is 1. The second kappa shape index (κ2) is 7.94. The Bertz CT molecular complexity index is 921. The van der Waals surface area contributed by atoms with Crippen molar-refractivity contribution in [2.75, 3.05) is 6.61 Å². The van der Waals surface area contributed by atoms with Gasteiger partial charge in [-0.05, 0) is 40.8 Å². The number of carbonyl (C=O) groups is 1. The van der Waals surface area contributed by atoms with Gasteiger partial charge in [0.15, 0.2) is 6.61 Å². The Balaban J connectivity index is 1.46. The molecule has 0 saturated heterocycles. The molecule has 12 heteroatoms. The van der Waals surface area contributed by atoms with Crippen molar-refractivity contribution in [1.82, 2.24) is 25.6 Å². The van der Waals surface area contributed by atoms with Crippen LogP contribution in [0.25, 0.3) is 5.69 Å². The number of hydrazone groups is 1. The van der Waals surface area contributed by atoms with Crippen molar-refractivity contribution in [2.45, 2.75) is 0 Å². The van der Waals surface area contributed by atoms with Gasteiger partial charge in [-0.2, -0.15) is 5.10 Å². The van der Waals surface area contributed by atoms with E-state index in [4.69, 9.17) is 4.74 Å². The van der Waals surface area contributed by atoms with Gasteiger partial charge in [-0.25, -0.2) is 10.1 Å². The van der Waals surface area contributed by atoms with E-state index in [-0.39, 0.29) is 11.6 Å². The maximum atomic E-state index is 11.7. The van der Waals surface area contributed by atoms with Crippen LogP contribution in [-0.2, 0) is 4.79 Å². The number of hydrogen-bond donors (Lipinski definition) is 1. The van der Waals surface area contributed by atoms with E-state index in [1.54, 1.807) is 30.3 Å². The normalized spacial score (nSPS) is 10.8. The number of nitrogens with zero attached hydrogens (tertiary/aromatic N) is 6. The van der Waals surface area contributed by atoms with E-state index in [1.165, 1.54) is 23.3 Å². The fourth-order valence-electron chi connectivity index (χ4n) is 1.83. The molecule has 3 rings (SSSR count). The second-order valence-corrected chi connectivity index (χ2v) is 5.86. The fraction of sp³-hybridized carbons (Fsp3) is 0.0714. The average Bonchev–Trinajstić information content (AvgIpc) is 3.32. The molecule has 132 valence electrons. The lowest BCUT2D eigenvalue weighted by atomic mass is 10.3. The molecule has 0 aliphatic heterocycles. The van der Waals surface area contributed by atoms with E-state index in [1.807, 2.05) is 0 Å². The average molecular weight is 373 g/mol. The van der Waals surface area contributed by atoms with Crippen LogP contribution in [0.4, 0.5) is 5.00 Å². The molecule has 0 bridgehead atoms. The number of nitro groups is 1. The number of tetrazole rings is 1. The molecular weight excluding hydrogens is 362 g/mol. The molecule has 0 atom stereocenters. The molecule has 2 aromatic heterocycles. The lowest BCUT2D eigenvalue weighted by molar-refractivity contribution is -0.380. The molecule has 26 heavy (non-hydrogen) atoms. The summed E-state index contributed by atoms with van der Waals surface area (Å²) in [6, 6.07) is 9.75. The zero-order valence-electron chi connectivity index (χ0n) is 13.1.